The number of carbonyl (C=O) groups excluding carboxylic acids is 1. The molecule has 122 valence electrons. The fraction of sp³-hybridized carbons (Fsp3) is 0.231. The Balaban J connectivity index is 2.94. The van der Waals surface area contributed by atoms with Crippen molar-refractivity contribution in [2.45, 2.75) is 0 Å². The highest BCUT2D eigenvalue weighted by Crippen LogP contribution is 2.22. The van der Waals surface area contributed by atoms with Crippen LogP contribution in [0.5, 0.6) is 0 Å². The van der Waals surface area contributed by atoms with Crippen LogP contribution < -0.4 is 17.1 Å². The first kappa shape index (κ1) is 16.7. The summed E-state index contributed by atoms with van der Waals surface area (Å²) >= 11 is 5.76. The molecule has 0 saturated heterocycles. The van der Waals surface area contributed by atoms with Crippen molar-refractivity contribution >= 4 is 17.6 Å². The van der Waals surface area contributed by atoms with Crippen LogP contribution in [0, 0.1) is 5.82 Å². The van der Waals surface area contributed by atoms with Gasteiger partial charge in [0.05, 0.1) is 23.4 Å². The van der Waals surface area contributed by atoms with E-state index in [1.807, 2.05) is 0 Å². The predicted molar refractivity (Wildman–Crippen MR) is 78.8 cm³/mol. The van der Waals surface area contributed by atoms with Gasteiger partial charge in [-0.1, -0.05) is 11.6 Å². The van der Waals surface area contributed by atoms with Crippen LogP contribution in [0.3, 0.4) is 0 Å². The molecule has 0 N–H and O–H groups in total. The van der Waals surface area contributed by atoms with E-state index in [1.165, 1.54) is 0 Å². The van der Waals surface area contributed by atoms with E-state index < -0.39 is 34.5 Å². The number of hydrogen-bond acceptors (Lipinski definition) is 5. The largest absolute Gasteiger partial charge is 0.465 e. The number of halogens is 2. The molecule has 0 bridgehead atoms. The molecule has 0 aliphatic rings. The zero-order valence-corrected chi connectivity index (χ0v) is 13.0. The summed E-state index contributed by atoms with van der Waals surface area (Å²) in [6.07, 6.45) is 0. The Morgan fingerprint density at radius 3 is 2.09 bits per heavy atom. The van der Waals surface area contributed by atoms with Gasteiger partial charge in [0.25, 0.3) is 0 Å². The van der Waals surface area contributed by atoms with Gasteiger partial charge in [-0.2, -0.15) is 0 Å². The number of nitrogens with zero attached hydrogens (tertiary/aromatic N) is 3. The maximum Gasteiger partial charge on any atom is 0.340 e. The summed E-state index contributed by atoms with van der Waals surface area (Å²) in [5.41, 5.74) is -3.73. The fourth-order valence-electron chi connectivity index (χ4n) is 1.95. The number of aromatic nitrogens is 3. The second kappa shape index (κ2) is 5.84. The van der Waals surface area contributed by atoms with Gasteiger partial charge in [-0.05, 0) is 12.1 Å². The Hall–Kier alpha value is -2.68. The van der Waals surface area contributed by atoms with Crippen LogP contribution in [0.15, 0.2) is 26.5 Å². The molecule has 8 nitrogen and oxygen atoms in total. The van der Waals surface area contributed by atoms with Crippen LogP contribution in [0.2, 0.25) is 5.02 Å². The first-order valence-corrected chi connectivity index (χ1v) is 6.55. The third-order valence-corrected chi connectivity index (χ3v) is 3.53. The number of ether oxygens (including phenoxy) is 1. The lowest BCUT2D eigenvalue weighted by atomic mass is 10.2. The van der Waals surface area contributed by atoms with Gasteiger partial charge in [-0.3, -0.25) is 0 Å². The maximum atomic E-state index is 14.2. The van der Waals surface area contributed by atoms with Crippen LogP contribution >= 0.6 is 11.6 Å². The number of carbonyl (C=O) groups is 1. The molecule has 1 aromatic carbocycles. The molecule has 0 fully saturated rings. The van der Waals surface area contributed by atoms with Gasteiger partial charge >= 0.3 is 23.0 Å². The average molecular weight is 344 g/mol. The van der Waals surface area contributed by atoms with E-state index in [1.54, 1.807) is 0 Å². The first-order valence-electron chi connectivity index (χ1n) is 6.17. The van der Waals surface area contributed by atoms with E-state index in [-0.39, 0.29) is 10.6 Å². The van der Waals surface area contributed by atoms with Gasteiger partial charge in [0.2, 0.25) is 0 Å². The minimum atomic E-state index is -1.06. The number of rotatable bonds is 2. The molecule has 0 saturated carbocycles. The second-order valence-corrected chi connectivity index (χ2v) is 4.98. The third-order valence-electron chi connectivity index (χ3n) is 3.21. The van der Waals surface area contributed by atoms with Crippen LogP contribution in [-0.4, -0.2) is 26.8 Å². The van der Waals surface area contributed by atoms with Crippen molar-refractivity contribution in [3.05, 3.63) is 60.0 Å². The van der Waals surface area contributed by atoms with E-state index in [4.69, 9.17) is 11.6 Å². The van der Waals surface area contributed by atoms with E-state index in [0.717, 1.165) is 33.3 Å². The monoisotopic (exact) mass is 343 g/mol. The van der Waals surface area contributed by atoms with Gasteiger partial charge in [0.15, 0.2) is 0 Å². The lowest BCUT2D eigenvalue weighted by molar-refractivity contribution is 0.0601. The quantitative estimate of drug-likeness (QED) is 0.705. The van der Waals surface area contributed by atoms with E-state index in [0.29, 0.717) is 13.7 Å². The Morgan fingerprint density at radius 2 is 1.61 bits per heavy atom. The molecule has 2 rings (SSSR count). The molecule has 0 unspecified atom stereocenters. The number of esters is 1. The third kappa shape index (κ3) is 2.59. The molecular formula is C13H11ClFN3O5. The molecule has 1 heterocycles. The molecule has 0 aliphatic carbocycles. The summed E-state index contributed by atoms with van der Waals surface area (Å²) in [7, 11) is 3.37. The highest BCUT2D eigenvalue weighted by molar-refractivity contribution is 6.33. The SMILES string of the molecule is COC(=O)c1cc(-n2c(=O)n(C)c(=O)n(C)c2=O)c(F)cc1Cl. The zero-order chi connectivity index (χ0) is 17.5. The molecule has 1 aromatic heterocycles. The van der Waals surface area contributed by atoms with Crippen molar-refractivity contribution < 1.29 is 13.9 Å². The smallest absolute Gasteiger partial charge is 0.340 e. The lowest BCUT2D eigenvalue weighted by Crippen LogP contribution is -2.52. The molecule has 0 amide bonds. The highest BCUT2D eigenvalue weighted by Gasteiger charge is 2.20. The van der Waals surface area contributed by atoms with E-state index >= 15 is 0 Å². The Morgan fingerprint density at radius 1 is 1.09 bits per heavy atom. The van der Waals surface area contributed by atoms with Crippen LogP contribution in [0.4, 0.5) is 4.39 Å². The summed E-state index contributed by atoms with van der Waals surface area (Å²) in [6.45, 7) is 0. The summed E-state index contributed by atoms with van der Waals surface area (Å²) < 4.78 is 20.4. The molecule has 23 heavy (non-hydrogen) atoms. The number of hydrogen-bond donors (Lipinski definition) is 0. The average Bonchev–Trinajstić information content (AvgIpc) is 2.52. The minimum Gasteiger partial charge on any atom is -0.465 e. The van der Waals surface area contributed by atoms with Crippen molar-refractivity contribution in [1.82, 2.24) is 13.7 Å². The summed E-state index contributed by atoms with van der Waals surface area (Å²) in [5, 5.41) is -0.243. The Bertz CT molecular complexity index is 949. The van der Waals surface area contributed by atoms with Crippen molar-refractivity contribution in [3.8, 4) is 5.69 Å². The summed E-state index contributed by atoms with van der Waals surface area (Å²) in [5.74, 6) is -1.88. The van der Waals surface area contributed by atoms with Crippen molar-refractivity contribution in [2.75, 3.05) is 7.11 Å². The predicted octanol–water partition coefficient (Wildman–Crippen LogP) is -0.186. The maximum absolute atomic E-state index is 14.2. The molecule has 10 heteroatoms. The molecule has 0 aliphatic heterocycles. The summed E-state index contributed by atoms with van der Waals surface area (Å²) in [6, 6.07) is 1.69. The van der Waals surface area contributed by atoms with Crippen LogP contribution in [0.25, 0.3) is 5.69 Å². The first-order chi connectivity index (χ1) is 10.7. The van der Waals surface area contributed by atoms with Gasteiger partial charge in [0, 0.05) is 14.1 Å². The van der Waals surface area contributed by atoms with Gasteiger partial charge in [0.1, 0.15) is 5.82 Å². The number of benzene rings is 1. The lowest BCUT2D eigenvalue weighted by Gasteiger charge is -2.11. The van der Waals surface area contributed by atoms with Crippen LogP contribution in [0.1, 0.15) is 10.4 Å². The van der Waals surface area contributed by atoms with Crippen molar-refractivity contribution in [2.24, 2.45) is 14.1 Å². The topological polar surface area (TPSA) is 92.3 Å². The minimum absolute atomic E-state index is 0.228. The van der Waals surface area contributed by atoms with Crippen LogP contribution in [-0.2, 0) is 18.8 Å². The summed E-state index contributed by atoms with van der Waals surface area (Å²) in [4.78, 5) is 47.6. The zero-order valence-electron chi connectivity index (χ0n) is 12.3. The number of methoxy groups -OCH3 is 1. The standard InChI is InChI=1S/C13H11ClFN3O5/c1-16-11(20)17(2)13(22)18(12(16)21)9-4-6(10(19)23-3)7(14)5-8(9)15/h4-5H,1-3H3. The van der Waals surface area contributed by atoms with Gasteiger partial charge < -0.3 is 4.74 Å². The Labute approximate surface area is 132 Å². The van der Waals surface area contributed by atoms with Crippen molar-refractivity contribution in [3.63, 3.8) is 0 Å². The molecule has 2 aromatic rings. The van der Waals surface area contributed by atoms with Gasteiger partial charge in [-0.15, -0.1) is 0 Å². The van der Waals surface area contributed by atoms with E-state index in [9.17, 15) is 23.6 Å². The molecule has 0 spiro atoms. The molecule has 0 atom stereocenters. The van der Waals surface area contributed by atoms with Crippen molar-refractivity contribution in [1.29, 1.82) is 0 Å². The molecule has 0 radical (unpaired) electrons. The fourth-order valence-corrected chi connectivity index (χ4v) is 2.18. The molecular weight excluding hydrogens is 333 g/mol. The van der Waals surface area contributed by atoms with E-state index in [2.05, 4.69) is 4.74 Å². The normalized spacial score (nSPS) is 10.7. The highest BCUT2D eigenvalue weighted by atomic mass is 35.5. The second-order valence-electron chi connectivity index (χ2n) is 4.58. The van der Waals surface area contributed by atoms with Gasteiger partial charge in [-0.25, -0.2) is 37.3 Å². The Kier molecular flexibility index (Phi) is 4.24.